The van der Waals surface area contributed by atoms with E-state index in [9.17, 15) is 9.59 Å². The Morgan fingerprint density at radius 2 is 2.19 bits per heavy atom. The molecule has 6 nitrogen and oxygen atoms in total. The number of nitrogens with zero attached hydrogens (tertiary/aromatic N) is 1. The summed E-state index contributed by atoms with van der Waals surface area (Å²) in [6.07, 6.45) is -0.113. The molecule has 0 saturated carbocycles. The van der Waals surface area contributed by atoms with Crippen LogP contribution >= 0.6 is 0 Å². The Bertz CT molecular complexity index is 517. The molecule has 0 bridgehead atoms. The van der Waals surface area contributed by atoms with Crippen LogP contribution in [0.1, 0.15) is 22.3 Å². The Kier molecular flexibility index (Phi) is 5.30. The van der Waals surface area contributed by atoms with Gasteiger partial charge in [0, 0.05) is 19.2 Å². The van der Waals surface area contributed by atoms with Gasteiger partial charge in [-0.05, 0) is 11.6 Å². The van der Waals surface area contributed by atoms with Crippen LogP contribution < -0.4 is 0 Å². The quantitative estimate of drug-likeness (QED) is 0.881. The Hall–Kier alpha value is -1.92. The lowest BCUT2D eigenvalue weighted by atomic mass is 10.0. The van der Waals surface area contributed by atoms with Crippen LogP contribution in [0.25, 0.3) is 0 Å². The summed E-state index contributed by atoms with van der Waals surface area (Å²) in [5.74, 6) is -1.11. The molecule has 1 atom stereocenters. The van der Waals surface area contributed by atoms with Crippen LogP contribution in [0.15, 0.2) is 24.3 Å². The number of carboxylic acid groups (broad SMARTS) is 1. The Labute approximate surface area is 123 Å². The highest BCUT2D eigenvalue weighted by molar-refractivity contribution is 5.96. The van der Waals surface area contributed by atoms with Crippen molar-refractivity contribution in [3.05, 3.63) is 35.4 Å². The van der Waals surface area contributed by atoms with Crippen LogP contribution in [-0.2, 0) is 20.9 Å². The SMILES string of the molecule is COCc1ccccc1C(=O)N1CCOCC1CC(=O)O. The van der Waals surface area contributed by atoms with Crippen LogP contribution in [0.3, 0.4) is 0 Å². The third-order valence-electron chi connectivity index (χ3n) is 3.45. The highest BCUT2D eigenvalue weighted by Crippen LogP contribution is 2.18. The van der Waals surface area contributed by atoms with Crippen molar-refractivity contribution in [1.82, 2.24) is 4.90 Å². The standard InChI is InChI=1S/C15H19NO5/c1-20-9-11-4-2-3-5-13(11)15(19)16-6-7-21-10-12(16)8-14(17)18/h2-5,12H,6-10H2,1H3,(H,17,18). The fourth-order valence-corrected chi connectivity index (χ4v) is 2.46. The zero-order chi connectivity index (χ0) is 15.2. The number of aliphatic carboxylic acids is 1. The fraction of sp³-hybridized carbons (Fsp3) is 0.467. The van der Waals surface area contributed by atoms with E-state index in [4.69, 9.17) is 14.6 Å². The average molecular weight is 293 g/mol. The van der Waals surface area contributed by atoms with Gasteiger partial charge in [-0.15, -0.1) is 0 Å². The summed E-state index contributed by atoms with van der Waals surface area (Å²) in [4.78, 5) is 25.2. The predicted octanol–water partition coefficient (Wildman–Crippen LogP) is 1.15. The van der Waals surface area contributed by atoms with Gasteiger partial charge in [-0.2, -0.15) is 0 Å². The first kappa shape index (κ1) is 15.5. The number of hydrogen-bond donors (Lipinski definition) is 1. The van der Waals surface area contributed by atoms with E-state index in [2.05, 4.69) is 0 Å². The van der Waals surface area contributed by atoms with Crippen LogP contribution in [0.2, 0.25) is 0 Å². The number of rotatable bonds is 5. The minimum atomic E-state index is -0.937. The Morgan fingerprint density at radius 1 is 1.43 bits per heavy atom. The number of hydrogen-bond acceptors (Lipinski definition) is 4. The lowest BCUT2D eigenvalue weighted by Gasteiger charge is -2.35. The van der Waals surface area contributed by atoms with Gasteiger partial charge in [0.15, 0.2) is 0 Å². The molecule has 1 N–H and O–H groups in total. The summed E-state index contributed by atoms with van der Waals surface area (Å²) >= 11 is 0. The van der Waals surface area contributed by atoms with Crippen molar-refractivity contribution in [2.24, 2.45) is 0 Å². The highest BCUT2D eigenvalue weighted by atomic mass is 16.5. The molecule has 6 heteroatoms. The first-order valence-electron chi connectivity index (χ1n) is 6.81. The third-order valence-corrected chi connectivity index (χ3v) is 3.45. The first-order chi connectivity index (χ1) is 10.1. The smallest absolute Gasteiger partial charge is 0.305 e. The Morgan fingerprint density at radius 3 is 2.90 bits per heavy atom. The number of amides is 1. The van der Waals surface area contributed by atoms with Gasteiger partial charge in [-0.1, -0.05) is 18.2 Å². The summed E-state index contributed by atoms with van der Waals surface area (Å²) in [5, 5.41) is 8.96. The van der Waals surface area contributed by atoms with E-state index in [0.29, 0.717) is 25.3 Å². The summed E-state index contributed by atoms with van der Waals surface area (Å²) in [6.45, 7) is 1.42. The van der Waals surface area contributed by atoms with Crippen molar-refractivity contribution in [3.8, 4) is 0 Å². The van der Waals surface area contributed by atoms with Crippen molar-refractivity contribution in [2.45, 2.75) is 19.1 Å². The molecule has 1 aliphatic rings. The van der Waals surface area contributed by atoms with Gasteiger partial charge in [-0.3, -0.25) is 9.59 Å². The number of methoxy groups -OCH3 is 1. The van der Waals surface area contributed by atoms with Crippen LogP contribution in [0.4, 0.5) is 0 Å². The molecule has 1 heterocycles. The fourth-order valence-electron chi connectivity index (χ4n) is 2.46. The van der Waals surface area contributed by atoms with E-state index >= 15 is 0 Å². The number of morpholine rings is 1. The molecule has 0 aromatic heterocycles. The first-order valence-corrected chi connectivity index (χ1v) is 6.81. The molecule has 1 aromatic carbocycles. The van der Waals surface area contributed by atoms with Gasteiger partial charge in [0.1, 0.15) is 0 Å². The second kappa shape index (κ2) is 7.19. The lowest BCUT2D eigenvalue weighted by molar-refractivity contribution is -0.139. The number of carbonyl (C=O) groups is 2. The van der Waals surface area contributed by atoms with Gasteiger partial charge in [0.2, 0.25) is 0 Å². The maximum absolute atomic E-state index is 12.7. The molecule has 21 heavy (non-hydrogen) atoms. The van der Waals surface area contributed by atoms with Crippen LogP contribution in [0.5, 0.6) is 0 Å². The molecule has 114 valence electrons. The van der Waals surface area contributed by atoms with Gasteiger partial charge in [-0.25, -0.2) is 0 Å². The molecule has 1 aromatic rings. The van der Waals surface area contributed by atoms with Crippen molar-refractivity contribution in [3.63, 3.8) is 0 Å². The molecule has 1 amide bonds. The summed E-state index contributed by atoms with van der Waals surface area (Å²) in [7, 11) is 1.57. The molecule has 0 radical (unpaired) electrons. The largest absolute Gasteiger partial charge is 0.481 e. The number of benzene rings is 1. The molecule has 1 fully saturated rings. The highest BCUT2D eigenvalue weighted by Gasteiger charge is 2.30. The van der Waals surface area contributed by atoms with E-state index in [-0.39, 0.29) is 18.9 Å². The molecule has 0 aliphatic carbocycles. The van der Waals surface area contributed by atoms with Gasteiger partial charge < -0.3 is 19.5 Å². The molecule has 1 saturated heterocycles. The third kappa shape index (κ3) is 3.80. The molecule has 0 spiro atoms. The molecule has 1 unspecified atom stereocenters. The normalized spacial score (nSPS) is 18.5. The van der Waals surface area contributed by atoms with Crippen LogP contribution in [-0.4, -0.2) is 54.8 Å². The molecule has 1 aliphatic heterocycles. The van der Waals surface area contributed by atoms with Crippen molar-refractivity contribution < 1.29 is 24.2 Å². The van der Waals surface area contributed by atoms with Crippen LogP contribution in [0, 0.1) is 0 Å². The van der Waals surface area contributed by atoms with E-state index in [1.54, 1.807) is 24.1 Å². The van der Waals surface area contributed by atoms with Crippen molar-refractivity contribution >= 4 is 11.9 Å². The van der Waals surface area contributed by atoms with E-state index in [0.717, 1.165) is 5.56 Å². The average Bonchev–Trinajstić information content (AvgIpc) is 2.47. The second-order valence-electron chi connectivity index (χ2n) is 4.92. The second-order valence-corrected chi connectivity index (χ2v) is 4.92. The van der Waals surface area contributed by atoms with Gasteiger partial charge in [0.25, 0.3) is 5.91 Å². The van der Waals surface area contributed by atoms with Crippen molar-refractivity contribution in [2.75, 3.05) is 26.9 Å². The summed E-state index contributed by atoms with van der Waals surface area (Å²) in [5.41, 5.74) is 1.35. The molecule has 2 rings (SSSR count). The number of carbonyl (C=O) groups excluding carboxylic acids is 1. The molecular formula is C15H19NO5. The minimum absolute atomic E-state index is 0.113. The maximum Gasteiger partial charge on any atom is 0.305 e. The van der Waals surface area contributed by atoms with Gasteiger partial charge >= 0.3 is 5.97 Å². The lowest BCUT2D eigenvalue weighted by Crippen LogP contribution is -2.49. The van der Waals surface area contributed by atoms with E-state index in [1.807, 2.05) is 12.1 Å². The maximum atomic E-state index is 12.7. The Balaban J connectivity index is 2.22. The predicted molar refractivity (Wildman–Crippen MR) is 75.1 cm³/mol. The zero-order valence-corrected chi connectivity index (χ0v) is 11.9. The summed E-state index contributed by atoms with van der Waals surface area (Å²) in [6, 6.07) is 6.78. The number of ether oxygens (including phenoxy) is 2. The van der Waals surface area contributed by atoms with E-state index in [1.165, 1.54) is 0 Å². The van der Waals surface area contributed by atoms with E-state index < -0.39 is 12.0 Å². The minimum Gasteiger partial charge on any atom is -0.481 e. The molecular weight excluding hydrogens is 274 g/mol. The topological polar surface area (TPSA) is 76.1 Å². The number of carboxylic acids is 1. The monoisotopic (exact) mass is 293 g/mol. The zero-order valence-electron chi connectivity index (χ0n) is 11.9. The van der Waals surface area contributed by atoms with Crippen molar-refractivity contribution in [1.29, 1.82) is 0 Å². The van der Waals surface area contributed by atoms with Gasteiger partial charge in [0.05, 0.1) is 32.3 Å². The summed E-state index contributed by atoms with van der Waals surface area (Å²) < 4.78 is 10.4.